The molecule has 3 N–H and O–H groups in total. The number of anilines is 1. The average molecular weight is 441 g/mol. The fourth-order valence-corrected chi connectivity index (χ4v) is 3.38. The summed E-state index contributed by atoms with van der Waals surface area (Å²) in [5.74, 6) is -4.72. The highest BCUT2D eigenvalue weighted by molar-refractivity contribution is 5.98. The molecule has 162 valence electrons. The Labute approximate surface area is 179 Å². The zero-order chi connectivity index (χ0) is 22.9. The van der Waals surface area contributed by atoms with Gasteiger partial charge in [0.1, 0.15) is 17.2 Å². The predicted molar refractivity (Wildman–Crippen MR) is 110 cm³/mol. The van der Waals surface area contributed by atoms with Crippen LogP contribution in [0.2, 0.25) is 0 Å². The third kappa shape index (κ3) is 3.94. The number of nitrogens with one attached hydrogen (secondary N) is 1. The van der Waals surface area contributed by atoms with Crippen molar-refractivity contribution in [3.63, 3.8) is 0 Å². The molecular weight excluding hydrogens is 426 g/mol. The molecule has 6 nitrogen and oxygen atoms in total. The highest BCUT2D eigenvalue weighted by Gasteiger charge is 2.34. The monoisotopic (exact) mass is 441 g/mol. The Morgan fingerprint density at radius 1 is 1.00 bits per heavy atom. The number of benzene rings is 1. The normalized spacial score (nSPS) is 17.4. The first kappa shape index (κ1) is 21.2. The number of hydrogen-bond acceptors (Lipinski definition) is 5. The summed E-state index contributed by atoms with van der Waals surface area (Å²) >= 11 is 0. The summed E-state index contributed by atoms with van der Waals surface area (Å²) < 4.78 is 55.9. The van der Waals surface area contributed by atoms with Crippen LogP contribution >= 0.6 is 0 Å². The fraction of sp³-hybridized carbons (Fsp3) is 0.0909. The second-order valence-electron chi connectivity index (χ2n) is 7.01. The van der Waals surface area contributed by atoms with Gasteiger partial charge in [-0.1, -0.05) is 12.1 Å². The lowest BCUT2D eigenvalue weighted by molar-refractivity contribution is 0.0913. The highest BCUT2D eigenvalue weighted by Crippen LogP contribution is 2.29. The Kier molecular flexibility index (Phi) is 5.43. The van der Waals surface area contributed by atoms with Crippen molar-refractivity contribution in [2.75, 3.05) is 12.3 Å². The van der Waals surface area contributed by atoms with Gasteiger partial charge in [0.2, 0.25) is 11.9 Å². The van der Waals surface area contributed by atoms with Gasteiger partial charge in [-0.15, -0.1) is 0 Å². The van der Waals surface area contributed by atoms with E-state index in [4.69, 9.17) is 5.73 Å². The molecule has 1 aliphatic rings. The quantitative estimate of drug-likeness (QED) is 0.478. The van der Waals surface area contributed by atoms with E-state index >= 15 is 0 Å². The van der Waals surface area contributed by atoms with Crippen molar-refractivity contribution < 1.29 is 22.4 Å². The summed E-state index contributed by atoms with van der Waals surface area (Å²) in [5.41, 5.74) is 3.57. The van der Waals surface area contributed by atoms with Crippen molar-refractivity contribution in [2.45, 2.75) is 5.54 Å². The molecule has 32 heavy (non-hydrogen) atoms. The predicted octanol–water partition coefficient (Wildman–Crippen LogP) is 3.55. The molecule has 10 heteroatoms. The number of pyridine rings is 2. The van der Waals surface area contributed by atoms with Crippen molar-refractivity contribution in [1.29, 1.82) is 0 Å². The van der Waals surface area contributed by atoms with Crippen molar-refractivity contribution in [2.24, 2.45) is 4.99 Å². The number of rotatable bonds is 4. The molecule has 1 unspecified atom stereocenters. The van der Waals surface area contributed by atoms with Crippen LogP contribution < -0.4 is 11.1 Å². The maximum absolute atomic E-state index is 14.2. The zero-order valence-electron chi connectivity index (χ0n) is 16.3. The maximum atomic E-state index is 14.2. The molecule has 0 spiro atoms. The number of nitrogens with zero attached hydrogens (tertiary/aromatic N) is 3. The van der Waals surface area contributed by atoms with E-state index in [1.165, 1.54) is 36.6 Å². The molecule has 0 bridgehead atoms. The molecule has 2 aromatic heterocycles. The summed E-state index contributed by atoms with van der Waals surface area (Å²) in [6.07, 6.45) is 4.47. The first-order chi connectivity index (χ1) is 15.3. The second kappa shape index (κ2) is 8.22. The Hall–Kier alpha value is -4.08. The molecule has 4 rings (SSSR count). The first-order valence-electron chi connectivity index (χ1n) is 9.34. The van der Waals surface area contributed by atoms with Gasteiger partial charge >= 0.3 is 0 Å². The van der Waals surface area contributed by atoms with Crippen molar-refractivity contribution in [3.05, 3.63) is 89.4 Å². The van der Waals surface area contributed by atoms with Gasteiger partial charge in [0.25, 0.3) is 5.91 Å². The number of carbonyl (C=O) groups excluding carboxylic acids is 1. The van der Waals surface area contributed by atoms with Crippen LogP contribution in [0.1, 0.15) is 16.1 Å². The minimum absolute atomic E-state index is 0.0545. The Morgan fingerprint density at radius 2 is 1.69 bits per heavy atom. The standard InChI is InChI=1S/C22H15F4N5O/c23-13-3-1-4-14(24)19(13)16-6-5-15(27)20(29-16)21(32)31-22(7-2-8-28-11-22)12-9-17(25)30-18(26)10-12/h1-10H,11,27H2,(H,31,32). The smallest absolute Gasteiger partial charge is 0.273 e. The largest absolute Gasteiger partial charge is 0.397 e. The van der Waals surface area contributed by atoms with Crippen molar-refractivity contribution >= 4 is 17.8 Å². The number of aliphatic imine (C=N–C) groups is 1. The number of carbonyl (C=O) groups is 1. The summed E-state index contributed by atoms with van der Waals surface area (Å²) in [6, 6.07) is 7.82. The topological polar surface area (TPSA) is 93.3 Å². The van der Waals surface area contributed by atoms with E-state index in [-0.39, 0.29) is 29.2 Å². The van der Waals surface area contributed by atoms with Crippen molar-refractivity contribution in [3.8, 4) is 11.3 Å². The van der Waals surface area contributed by atoms with Crippen LogP contribution in [0.4, 0.5) is 23.2 Å². The van der Waals surface area contributed by atoms with Crippen LogP contribution in [0.15, 0.2) is 59.6 Å². The lowest BCUT2D eigenvalue weighted by atomic mass is 9.88. The molecule has 0 radical (unpaired) electrons. The Balaban J connectivity index is 1.75. The van der Waals surface area contributed by atoms with Gasteiger partial charge < -0.3 is 11.1 Å². The van der Waals surface area contributed by atoms with Crippen molar-refractivity contribution in [1.82, 2.24) is 15.3 Å². The van der Waals surface area contributed by atoms with E-state index in [1.807, 2.05) is 0 Å². The van der Waals surface area contributed by atoms with E-state index in [0.29, 0.717) is 0 Å². The summed E-state index contributed by atoms with van der Waals surface area (Å²) in [4.78, 5) is 24.3. The Morgan fingerprint density at radius 3 is 2.31 bits per heavy atom. The number of nitrogen functional groups attached to an aromatic ring is 1. The SMILES string of the molecule is Nc1ccc(-c2c(F)cccc2F)nc1C(=O)NC1(c2cc(F)nc(F)c2)C=CC=NC1. The van der Waals surface area contributed by atoms with E-state index in [2.05, 4.69) is 20.3 Å². The zero-order valence-corrected chi connectivity index (χ0v) is 16.3. The number of hydrogen-bond donors (Lipinski definition) is 2. The van der Waals surface area contributed by atoms with E-state index in [0.717, 1.165) is 24.3 Å². The minimum atomic E-state index is -1.43. The van der Waals surface area contributed by atoms with Gasteiger partial charge in [-0.25, -0.2) is 13.8 Å². The molecule has 3 heterocycles. The van der Waals surface area contributed by atoms with Crippen LogP contribution in [-0.4, -0.2) is 28.6 Å². The number of nitrogens with two attached hydrogens (primary N) is 1. The Bertz CT molecular complexity index is 1240. The number of aromatic nitrogens is 2. The van der Waals surface area contributed by atoms with Gasteiger partial charge in [0.05, 0.1) is 23.5 Å². The van der Waals surface area contributed by atoms with Gasteiger partial charge in [0, 0.05) is 6.21 Å². The van der Waals surface area contributed by atoms with Crippen LogP contribution in [0.5, 0.6) is 0 Å². The van der Waals surface area contributed by atoms with Gasteiger partial charge in [-0.2, -0.15) is 13.8 Å². The summed E-state index contributed by atoms with van der Waals surface area (Å²) in [7, 11) is 0. The molecule has 0 aliphatic carbocycles. The van der Waals surface area contributed by atoms with Crippen LogP contribution in [0.25, 0.3) is 11.3 Å². The molecule has 1 aromatic carbocycles. The number of allylic oxidation sites excluding steroid dienone is 1. The van der Waals surface area contributed by atoms with E-state index in [1.54, 1.807) is 0 Å². The van der Waals surface area contributed by atoms with Crippen LogP contribution in [0.3, 0.4) is 0 Å². The van der Waals surface area contributed by atoms with Gasteiger partial charge in [0.15, 0.2) is 5.69 Å². The molecule has 0 fully saturated rings. The lowest BCUT2D eigenvalue weighted by Crippen LogP contribution is -2.48. The number of amides is 1. The molecule has 0 saturated carbocycles. The third-order valence-corrected chi connectivity index (χ3v) is 4.89. The molecular formula is C22H15F4N5O. The minimum Gasteiger partial charge on any atom is -0.397 e. The lowest BCUT2D eigenvalue weighted by Gasteiger charge is -2.32. The van der Waals surface area contributed by atoms with Crippen LogP contribution in [-0.2, 0) is 5.54 Å². The number of halogens is 4. The molecule has 1 aliphatic heterocycles. The van der Waals surface area contributed by atoms with Gasteiger partial charge in [-0.05, 0) is 48.0 Å². The summed E-state index contributed by atoms with van der Waals surface area (Å²) in [5, 5.41) is 2.64. The molecule has 1 amide bonds. The van der Waals surface area contributed by atoms with E-state index < -0.39 is 40.5 Å². The van der Waals surface area contributed by atoms with Gasteiger partial charge in [-0.3, -0.25) is 9.79 Å². The average Bonchev–Trinajstić information content (AvgIpc) is 2.74. The number of dihydropyridines is 1. The van der Waals surface area contributed by atoms with Crippen LogP contribution in [0, 0.1) is 23.5 Å². The molecule has 0 saturated heterocycles. The van der Waals surface area contributed by atoms with E-state index in [9.17, 15) is 22.4 Å². The summed E-state index contributed by atoms with van der Waals surface area (Å²) in [6.45, 7) is -0.0698. The molecule has 1 atom stereocenters. The maximum Gasteiger partial charge on any atom is 0.273 e. The highest BCUT2D eigenvalue weighted by atomic mass is 19.1. The molecule has 3 aromatic rings. The fourth-order valence-electron chi connectivity index (χ4n) is 3.38. The second-order valence-corrected chi connectivity index (χ2v) is 7.01. The third-order valence-electron chi connectivity index (χ3n) is 4.89. The first-order valence-corrected chi connectivity index (χ1v) is 9.34.